The van der Waals surface area contributed by atoms with Gasteiger partial charge in [0.15, 0.2) is 0 Å². The molecular weight excluding hydrogens is 272 g/mol. The van der Waals surface area contributed by atoms with E-state index in [1.807, 2.05) is 12.1 Å². The standard InChI is InChI=1S/C15H24N2O2S/c1-3-10-16-14-6-8-15(9-7-14)20(18,19)17-11-12(2)13-4-5-13/h6-9,12-13,16-17H,3-5,10-11H2,1-2H3. The molecule has 1 aromatic carbocycles. The molecule has 1 aliphatic rings. The number of nitrogens with one attached hydrogen (secondary N) is 2. The number of anilines is 1. The zero-order valence-corrected chi connectivity index (χ0v) is 13.0. The van der Waals surface area contributed by atoms with Crippen LogP contribution in [0, 0.1) is 11.8 Å². The van der Waals surface area contributed by atoms with Crippen LogP contribution in [0.3, 0.4) is 0 Å². The predicted octanol–water partition coefficient (Wildman–Crippen LogP) is 2.83. The molecule has 2 rings (SSSR count). The third kappa shape index (κ3) is 4.21. The highest BCUT2D eigenvalue weighted by molar-refractivity contribution is 7.89. The highest BCUT2D eigenvalue weighted by atomic mass is 32.2. The lowest BCUT2D eigenvalue weighted by Gasteiger charge is -2.12. The maximum atomic E-state index is 12.2. The minimum atomic E-state index is -3.38. The van der Waals surface area contributed by atoms with Crippen molar-refractivity contribution in [2.24, 2.45) is 11.8 Å². The van der Waals surface area contributed by atoms with Gasteiger partial charge in [-0.25, -0.2) is 13.1 Å². The molecule has 1 saturated carbocycles. The minimum Gasteiger partial charge on any atom is -0.385 e. The normalized spacial score (nSPS) is 16.9. The molecule has 0 aliphatic heterocycles. The molecule has 0 saturated heterocycles. The second-order valence-electron chi connectivity index (χ2n) is 5.62. The van der Waals surface area contributed by atoms with Crippen LogP contribution >= 0.6 is 0 Å². The van der Waals surface area contributed by atoms with Crippen LogP contribution < -0.4 is 10.0 Å². The van der Waals surface area contributed by atoms with Crippen molar-refractivity contribution in [1.82, 2.24) is 4.72 Å². The third-order valence-corrected chi connectivity index (χ3v) is 5.21. The highest BCUT2D eigenvalue weighted by Gasteiger charge is 2.28. The average Bonchev–Trinajstić information content (AvgIpc) is 3.27. The SMILES string of the molecule is CCCNc1ccc(S(=O)(=O)NCC(C)C2CC2)cc1. The van der Waals surface area contributed by atoms with Crippen LogP contribution in [0.4, 0.5) is 5.69 Å². The van der Waals surface area contributed by atoms with Crippen molar-refractivity contribution in [1.29, 1.82) is 0 Å². The van der Waals surface area contributed by atoms with Crippen LogP contribution in [0.5, 0.6) is 0 Å². The maximum Gasteiger partial charge on any atom is 0.240 e. The zero-order chi connectivity index (χ0) is 14.6. The summed E-state index contributed by atoms with van der Waals surface area (Å²) in [5, 5.41) is 3.23. The summed E-state index contributed by atoms with van der Waals surface area (Å²) in [5.74, 6) is 1.13. The summed E-state index contributed by atoms with van der Waals surface area (Å²) in [5.41, 5.74) is 0.956. The first-order chi connectivity index (χ1) is 9.53. The van der Waals surface area contributed by atoms with Gasteiger partial charge >= 0.3 is 0 Å². The molecule has 1 unspecified atom stereocenters. The number of hydrogen-bond donors (Lipinski definition) is 2. The van der Waals surface area contributed by atoms with E-state index in [9.17, 15) is 8.42 Å². The summed E-state index contributed by atoms with van der Waals surface area (Å²) in [6.07, 6.45) is 3.52. The smallest absolute Gasteiger partial charge is 0.240 e. The summed E-state index contributed by atoms with van der Waals surface area (Å²) < 4.78 is 27.1. The van der Waals surface area contributed by atoms with Crippen molar-refractivity contribution in [2.45, 2.75) is 38.0 Å². The Labute approximate surface area is 122 Å². The van der Waals surface area contributed by atoms with Gasteiger partial charge in [-0.15, -0.1) is 0 Å². The molecule has 1 atom stereocenters. The quantitative estimate of drug-likeness (QED) is 0.775. The van der Waals surface area contributed by atoms with Crippen molar-refractivity contribution >= 4 is 15.7 Å². The van der Waals surface area contributed by atoms with Gasteiger partial charge in [0.2, 0.25) is 10.0 Å². The summed E-state index contributed by atoms with van der Waals surface area (Å²) in [6, 6.07) is 6.94. The second kappa shape index (κ2) is 6.59. The maximum absolute atomic E-state index is 12.2. The fourth-order valence-electron chi connectivity index (χ4n) is 2.18. The number of benzene rings is 1. The van der Waals surface area contributed by atoms with Crippen LogP contribution in [0.2, 0.25) is 0 Å². The van der Waals surface area contributed by atoms with Gasteiger partial charge in [0.05, 0.1) is 4.90 Å². The van der Waals surface area contributed by atoms with Crippen molar-refractivity contribution in [3.63, 3.8) is 0 Å². The molecule has 112 valence electrons. The summed E-state index contributed by atoms with van der Waals surface area (Å²) in [6.45, 7) is 5.63. The topological polar surface area (TPSA) is 58.2 Å². The largest absolute Gasteiger partial charge is 0.385 e. The fraction of sp³-hybridized carbons (Fsp3) is 0.600. The lowest BCUT2D eigenvalue weighted by atomic mass is 10.1. The first kappa shape index (κ1) is 15.3. The molecule has 2 N–H and O–H groups in total. The Kier molecular flexibility index (Phi) is 5.05. The molecule has 0 spiro atoms. The minimum absolute atomic E-state index is 0.336. The van der Waals surface area contributed by atoms with E-state index < -0.39 is 10.0 Å². The lowest BCUT2D eigenvalue weighted by molar-refractivity contribution is 0.492. The Morgan fingerprint density at radius 1 is 1.25 bits per heavy atom. The van der Waals surface area contributed by atoms with Crippen molar-refractivity contribution in [3.05, 3.63) is 24.3 Å². The van der Waals surface area contributed by atoms with Gasteiger partial charge < -0.3 is 5.32 Å². The second-order valence-corrected chi connectivity index (χ2v) is 7.38. The molecular formula is C15H24N2O2S. The van der Waals surface area contributed by atoms with E-state index in [-0.39, 0.29) is 0 Å². The Bertz CT molecular complexity index is 521. The van der Waals surface area contributed by atoms with Crippen LogP contribution in [0.15, 0.2) is 29.2 Å². The molecule has 0 amide bonds. The van der Waals surface area contributed by atoms with E-state index >= 15 is 0 Å². The molecule has 1 aromatic rings. The summed E-state index contributed by atoms with van der Waals surface area (Å²) >= 11 is 0. The van der Waals surface area contributed by atoms with Gasteiger partial charge in [0, 0.05) is 18.8 Å². The fourth-order valence-corrected chi connectivity index (χ4v) is 3.32. The van der Waals surface area contributed by atoms with Crippen LogP contribution in [0.25, 0.3) is 0 Å². The zero-order valence-electron chi connectivity index (χ0n) is 12.2. The van der Waals surface area contributed by atoms with E-state index in [2.05, 4.69) is 23.9 Å². The lowest BCUT2D eigenvalue weighted by Crippen LogP contribution is -2.29. The molecule has 0 aromatic heterocycles. The van der Waals surface area contributed by atoms with Crippen molar-refractivity contribution in [3.8, 4) is 0 Å². The van der Waals surface area contributed by atoms with E-state index in [1.54, 1.807) is 12.1 Å². The molecule has 4 nitrogen and oxygen atoms in total. The average molecular weight is 296 g/mol. The Morgan fingerprint density at radius 2 is 1.90 bits per heavy atom. The summed E-state index contributed by atoms with van der Waals surface area (Å²) in [7, 11) is -3.38. The van der Waals surface area contributed by atoms with E-state index in [0.29, 0.717) is 23.3 Å². The van der Waals surface area contributed by atoms with Gasteiger partial charge in [-0.2, -0.15) is 0 Å². The van der Waals surface area contributed by atoms with E-state index in [4.69, 9.17) is 0 Å². The van der Waals surface area contributed by atoms with E-state index in [0.717, 1.165) is 18.7 Å². The van der Waals surface area contributed by atoms with Gasteiger partial charge in [0.25, 0.3) is 0 Å². The third-order valence-electron chi connectivity index (χ3n) is 3.77. The van der Waals surface area contributed by atoms with Crippen LogP contribution in [-0.4, -0.2) is 21.5 Å². The molecule has 1 aliphatic carbocycles. The monoisotopic (exact) mass is 296 g/mol. The van der Waals surface area contributed by atoms with Crippen LogP contribution in [-0.2, 0) is 10.0 Å². The number of hydrogen-bond acceptors (Lipinski definition) is 3. The predicted molar refractivity (Wildman–Crippen MR) is 82.3 cm³/mol. The molecule has 0 radical (unpaired) electrons. The van der Waals surface area contributed by atoms with Crippen molar-refractivity contribution < 1.29 is 8.42 Å². The van der Waals surface area contributed by atoms with Gasteiger partial charge in [0.1, 0.15) is 0 Å². The molecule has 20 heavy (non-hydrogen) atoms. The van der Waals surface area contributed by atoms with Crippen LogP contribution in [0.1, 0.15) is 33.1 Å². The Hall–Kier alpha value is -1.07. The molecule has 0 heterocycles. The van der Waals surface area contributed by atoms with Gasteiger partial charge in [-0.3, -0.25) is 0 Å². The molecule has 0 bridgehead atoms. The first-order valence-electron chi connectivity index (χ1n) is 7.36. The number of sulfonamides is 1. The number of rotatable bonds is 8. The molecule has 1 fully saturated rings. The Balaban J connectivity index is 1.93. The first-order valence-corrected chi connectivity index (χ1v) is 8.85. The van der Waals surface area contributed by atoms with Crippen molar-refractivity contribution in [2.75, 3.05) is 18.4 Å². The summed E-state index contributed by atoms with van der Waals surface area (Å²) in [4.78, 5) is 0.336. The Morgan fingerprint density at radius 3 is 2.45 bits per heavy atom. The van der Waals surface area contributed by atoms with Gasteiger partial charge in [-0.05, 0) is 55.4 Å². The van der Waals surface area contributed by atoms with Gasteiger partial charge in [-0.1, -0.05) is 13.8 Å². The van der Waals surface area contributed by atoms with E-state index in [1.165, 1.54) is 12.8 Å². The molecule has 5 heteroatoms. The highest BCUT2D eigenvalue weighted by Crippen LogP contribution is 2.36.